The average molecular weight is 256 g/mol. The van der Waals surface area contributed by atoms with Gasteiger partial charge in [0.2, 0.25) is 0 Å². The first-order valence-electron chi connectivity index (χ1n) is 6.11. The fourth-order valence-corrected chi connectivity index (χ4v) is 2.11. The molecule has 0 amide bonds. The second-order valence-electron chi connectivity index (χ2n) is 4.30. The molecule has 0 saturated heterocycles. The smallest absolute Gasteiger partial charge is 0.335 e. The van der Waals surface area contributed by atoms with E-state index in [-0.39, 0.29) is 6.10 Å². The maximum atomic E-state index is 11.2. The van der Waals surface area contributed by atoms with E-state index in [0.29, 0.717) is 12.0 Å². The fourth-order valence-electron chi connectivity index (χ4n) is 2.11. The van der Waals surface area contributed by atoms with E-state index in [2.05, 4.69) is 0 Å². The summed E-state index contributed by atoms with van der Waals surface area (Å²) in [6, 6.07) is 16.8. The first-order chi connectivity index (χ1) is 9.22. The molecule has 2 aromatic rings. The monoisotopic (exact) mass is 256 g/mol. The number of carboxylic acid groups (broad SMARTS) is 1. The van der Waals surface area contributed by atoms with Gasteiger partial charge in [0.1, 0.15) is 0 Å². The lowest BCUT2D eigenvalue weighted by Crippen LogP contribution is -2.09. The summed E-state index contributed by atoms with van der Waals surface area (Å²) in [6.07, 6.45) is 0.407. The van der Waals surface area contributed by atoms with Crippen LogP contribution < -0.4 is 0 Å². The zero-order valence-electron chi connectivity index (χ0n) is 10.7. The lowest BCUT2D eigenvalue weighted by Gasteiger charge is -2.17. The lowest BCUT2D eigenvalue weighted by molar-refractivity contribution is 0.0692. The molecule has 19 heavy (non-hydrogen) atoms. The van der Waals surface area contributed by atoms with Gasteiger partial charge in [-0.15, -0.1) is 0 Å². The summed E-state index contributed by atoms with van der Waals surface area (Å²) in [5.74, 6) is -0.904. The molecule has 3 nitrogen and oxygen atoms in total. The molecule has 98 valence electrons. The molecule has 2 rings (SSSR count). The van der Waals surface area contributed by atoms with Crippen LogP contribution in [0, 0.1) is 0 Å². The normalized spacial score (nSPS) is 12.1. The molecule has 0 fully saturated rings. The van der Waals surface area contributed by atoms with Gasteiger partial charge in [-0.3, -0.25) is 0 Å². The Morgan fingerprint density at radius 3 is 2.37 bits per heavy atom. The largest absolute Gasteiger partial charge is 0.478 e. The Kier molecular flexibility index (Phi) is 4.31. The Bertz CT molecular complexity index is 549. The number of ether oxygens (including phenoxy) is 1. The van der Waals surface area contributed by atoms with Crippen molar-refractivity contribution in [3.63, 3.8) is 0 Å². The van der Waals surface area contributed by atoms with Crippen molar-refractivity contribution in [3.05, 3.63) is 71.3 Å². The molecule has 0 spiro atoms. The number of carboxylic acids is 1. The zero-order valence-corrected chi connectivity index (χ0v) is 10.7. The third kappa shape index (κ3) is 3.20. The van der Waals surface area contributed by atoms with Gasteiger partial charge >= 0.3 is 5.97 Å². The van der Waals surface area contributed by atoms with Gasteiger partial charge in [-0.05, 0) is 17.2 Å². The fraction of sp³-hybridized carbons (Fsp3) is 0.188. The summed E-state index contributed by atoms with van der Waals surface area (Å²) in [4.78, 5) is 11.2. The molecule has 0 aliphatic heterocycles. The molecule has 0 aliphatic carbocycles. The topological polar surface area (TPSA) is 46.5 Å². The van der Waals surface area contributed by atoms with E-state index in [1.54, 1.807) is 19.2 Å². The number of aromatic carboxylic acids is 1. The van der Waals surface area contributed by atoms with Gasteiger partial charge in [-0.1, -0.05) is 48.5 Å². The van der Waals surface area contributed by atoms with Gasteiger partial charge < -0.3 is 9.84 Å². The maximum Gasteiger partial charge on any atom is 0.335 e. The number of carbonyl (C=O) groups is 1. The molecular weight excluding hydrogens is 240 g/mol. The Labute approximate surface area is 112 Å². The SMILES string of the molecule is COC(Cc1ccccc1C(=O)O)c1ccccc1. The number of hydrogen-bond acceptors (Lipinski definition) is 2. The van der Waals surface area contributed by atoms with Crippen LogP contribution in [0.25, 0.3) is 0 Å². The minimum atomic E-state index is -0.904. The summed E-state index contributed by atoms with van der Waals surface area (Å²) in [5.41, 5.74) is 2.16. The lowest BCUT2D eigenvalue weighted by atomic mass is 9.97. The first kappa shape index (κ1) is 13.3. The predicted molar refractivity (Wildman–Crippen MR) is 73.3 cm³/mol. The van der Waals surface area contributed by atoms with Gasteiger partial charge in [0.05, 0.1) is 11.7 Å². The summed E-state index contributed by atoms with van der Waals surface area (Å²) in [5, 5.41) is 9.18. The molecule has 0 heterocycles. The van der Waals surface area contributed by atoms with Crippen molar-refractivity contribution < 1.29 is 14.6 Å². The zero-order chi connectivity index (χ0) is 13.7. The van der Waals surface area contributed by atoms with E-state index in [9.17, 15) is 9.90 Å². The number of rotatable bonds is 5. The van der Waals surface area contributed by atoms with E-state index >= 15 is 0 Å². The van der Waals surface area contributed by atoms with Crippen molar-refractivity contribution in [3.8, 4) is 0 Å². The van der Waals surface area contributed by atoms with E-state index < -0.39 is 5.97 Å². The van der Waals surface area contributed by atoms with Gasteiger partial charge in [0.25, 0.3) is 0 Å². The second-order valence-corrected chi connectivity index (χ2v) is 4.30. The third-order valence-electron chi connectivity index (χ3n) is 3.11. The first-order valence-corrected chi connectivity index (χ1v) is 6.11. The molecule has 1 unspecified atom stereocenters. The second kappa shape index (κ2) is 6.16. The van der Waals surface area contributed by atoms with Crippen molar-refractivity contribution in [2.45, 2.75) is 12.5 Å². The predicted octanol–water partition coefficient (Wildman–Crippen LogP) is 3.32. The van der Waals surface area contributed by atoms with Crippen molar-refractivity contribution in [2.24, 2.45) is 0 Å². The van der Waals surface area contributed by atoms with Crippen molar-refractivity contribution in [2.75, 3.05) is 7.11 Å². The van der Waals surface area contributed by atoms with E-state index in [0.717, 1.165) is 11.1 Å². The minimum Gasteiger partial charge on any atom is -0.478 e. The van der Waals surface area contributed by atoms with Crippen LogP contribution in [0.3, 0.4) is 0 Å². The molecule has 0 saturated carbocycles. The molecule has 3 heteroatoms. The quantitative estimate of drug-likeness (QED) is 0.892. The molecular formula is C16H16O3. The van der Waals surface area contributed by atoms with Crippen LogP contribution in [0.4, 0.5) is 0 Å². The number of methoxy groups -OCH3 is 1. The van der Waals surface area contributed by atoms with Gasteiger partial charge in [-0.2, -0.15) is 0 Å². The van der Waals surface area contributed by atoms with Crippen molar-refractivity contribution in [1.82, 2.24) is 0 Å². The summed E-state index contributed by atoms with van der Waals surface area (Å²) >= 11 is 0. The number of hydrogen-bond donors (Lipinski definition) is 1. The van der Waals surface area contributed by atoms with Gasteiger partial charge in [-0.25, -0.2) is 4.79 Å². The van der Waals surface area contributed by atoms with Gasteiger partial charge in [0, 0.05) is 13.5 Å². The summed E-state index contributed by atoms with van der Waals surface area (Å²) in [7, 11) is 1.64. The molecule has 0 bridgehead atoms. The van der Waals surface area contributed by atoms with E-state index in [1.165, 1.54) is 0 Å². The summed E-state index contributed by atoms with van der Waals surface area (Å²) < 4.78 is 5.48. The van der Waals surface area contributed by atoms with Crippen LogP contribution in [-0.4, -0.2) is 18.2 Å². The van der Waals surface area contributed by atoms with Crippen LogP contribution >= 0.6 is 0 Å². The average Bonchev–Trinajstić information content (AvgIpc) is 2.46. The molecule has 0 radical (unpaired) electrons. The number of benzene rings is 2. The highest BCUT2D eigenvalue weighted by Gasteiger charge is 2.15. The Morgan fingerprint density at radius 1 is 1.11 bits per heavy atom. The Hall–Kier alpha value is -2.13. The van der Waals surface area contributed by atoms with Crippen molar-refractivity contribution in [1.29, 1.82) is 0 Å². The Balaban J connectivity index is 2.27. The van der Waals surface area contributed by atoms with Crippen LogP contribution in [0.15, 0.2) is 54.6 Å². The molecule has 0 aliphatic rings. The van der Waals surface area contributed by atoms with E-state index in [1.807, 2.05) is 42.5 Å². The highest BCUT2D eigenvalue weighted by molar-refractivity contribution is 5.89. The van der Waals surface area contributed by atoms with Crippen LogP contribution in [-0.2, 0) is 11.2 Å². The third-order valence-corrected chi connectivity index (χ3v) is 3.11. The molecule has 2 aromatic carbocycles. The summed E-state index contributed by atoms with van der Waals surface area (Å²) in [6.45, 7) is 0. The van der Waals surface area contributed by atoms with Crippen LogP contribution in [0.5, 0.6) is 0 Å². The van der Waals surface area contributed by atoms with Gasteiger partial charge in [0.15, 0.2) is 0 Å². The molecule has 1 atom stereocenters. The molecule has 1 N–H and O–H groups in total. The van der Waals surface area contributed by atoms with Crippen LogP contribution in [0.1, 0.15) is 27.6 Å². The standard InChI is InChI=1S/C16H16O3/c1-19-15(12-7-3-2-4-8-12)11-13-9-5-6-10-14(13)16(17)18/h2-10,15H,11H2,1H3,(H,17,18). The van der Waals surface area contributed by atoms with Crippen molar-refractivity contribution >= 4 is 5.97 Å². The minimum absolute atomic E-state index is 0.137. The Morgan fingerprint density at radius 2 is 1.74 bits per heavy atom. The van der Waals surface area contributed by atoms with E-state index in [4.69, 9.17) is 4.74 Å². The highest BCUT2D eigenvalue weighted by atomic mass is 16.5. The molecule has 0 aromatic heterocycles. The van der Waals surface area contributed by atoms with Crippen LogP contribution in [0.2, 0.25) is 0 Å². The highest BCUT2D eigenvalue weighted by Crippen LogP contribution is 2.23. The maximum absolute atomic E-state index is 11.2.